The second-order valence-electron chi connectivity index (χ2n) is 6.46. The molecule has 2 aromatic rings. The molecule has 0 saturated heterocycles. The summed E-state index contributed by atoms with van der Waals surface area (Å²) in [6.45, 7) is 3.62. The number of likely N-dealkylation sites (N-methyl/N-ethyl adjacent to an activating group) is 1. The maximum absolute atomic E-state index is 12.6. The molecule has 3 rings (SSSR count). The molecule has 0 aromatic carbocycles. The van der Waals surface area contributed by atoms with E-state index in [1.807, 2.05) is 6.92 Å². The van der Waals surface area contributed by atoms with E-state index in [4.69, 9.17) is 9.26 Å². The van der Waals surface area contributed by atoms with Crippen LogP contribution in [0.15, 0.2) is 29.0 Å². The van der Waals surface area contributed by atoms with Gasteiger partial charge in [-0.15, -0.1) is 0 Å². The number of aryl methyl sites for hydroxylation is 2. The van der Waals surface area contributed by atoms with Crippen molar-refractivity contribution in [3.8, 4) is 5.75 Å². The maximum Gasteiger partial charge on any atom is 0.227 e. The number of carbonyl (C=O) groups excluding carboxylic acids is 1. The molecule has 3 atom stereocenters. The Morgan fingerprint density at radius 2 is 2.24 bits per heavy atom. The highest BCUT2D eigenvalue weighted by Gasteiger charge is 2.40. The monoisotopic (exact) mass is 345 g/mol. The average molecular weight is 345 g/mol. The van der Waals surface area contributed by atoms with Gasteiger partial charge in [-0.2, -0.15) is 0 Å². The summed E-state index contributed by atoms with van der Waals surface area (Å²) in [4.78, 5) is 18.2. The molecule has 0 aliphatic heterocycles. The van der Waals surface area contributed by atoms with E-state index < -0.39 is 6.10 Å². The van der Waals surface area contributed by atoms with Crippen LogP contribution in [-0.4, -0.2) is 51.4 Å². The van der Waals surface area contributed by atoms with Gasteiger partial charge in [-0.1, -0.05) is 5.16 Å². The second-order valence-corrected chi connectivity index (χ2v) is 6.46. The van der Waals surface area contributed by atoms with E-state index in [-0.39, 0.29) is 24.5 Å². The summed E-state index contributed by atoms with van der Waals surface area (Å²) in [7, 11) is 1.72. The third kappa shape index (κ3) is 3.66. The van der Waals surface area contributed by atoms with Crippen molar-refractivity contribution in [2.24, 2.45) is 0 Å². The Kier molecular flexibility index (Phi) is 5.03. The van der Waals surface area contributed by atoms with Crippen molar-refractivity contribution < 1.29 is 19.2 Å². The third-order valence-corrected chi connectivity index (χ3v) is 4.84. The molecule has 7 nitrogen and oxygen atoms in total. The number of carbonyl (C=O) groups is 1. The molecule has 1 saturated carbocycles. The van der Waals surface area contributed by atoms with Crippen molar-refractivity contribution in [1.29, 1.82) is 0 Å². The summed E-state index contributed by atoms with van der Waals surface area (Å²) < 4.78 is 10.9. The van der Waals surface area contributed by atoms with Gasteiger partial charge in [0.15, 0.2) is 0 Å². The predicted molar refractivity (Wildman–Crippen MR) is 90.1 cm³/mol. The summed E-state index contributed by atoms with van der Waals surface area (Å²) >= 11 is 0. The number of hydrogen-bond donors (Lipinski definition) is 1. The van der Waals surface area contributed by atoms with Gasteiger partial charge in [-0.05, 0) is 38.8 Å². The minimum atomic E-state index is -0.737. The molecule has 2 aromatic heterocycles. The molecule has 1 fully saturated rings. The van der Waals surface area contributed by atoms with Crippen LogP contribution in [0.4, 0.5) is 0 Å². The van der Waals surface area contributed by atoms with Gasteiger partial charge in [0.1, 0.15) is 23.7 Å². The first-order valence-electron chi connectivity index (χ1n) is 8.39. The molecular formula is C18H23N3O4. The lowest BCUT2D eigenvalue weighted by Crippen LogP contribution is -2.46. The fourth-order valence-electron chi connectivity index (χ4n) is 3.28. The van der Waals surface area contributed by atoms with Crippen molar-refractivity contribution >= 4 is 5.91 Å². The molecular weight excluding hydrogens is 322 g/mol. The molecule has 0 bridgehead atoms. The zero-order valence-electron chi connectivity index (χ0n) is 14.7. The van der Waals surface area contributed by atoms with E-state index in [1.165, 1.54) is 0 Å². The minimum absolute atomic E-state index is 0.0690. The SMILES string of the molecule is Cc1noc(C)c1CC(=O)N(C)[C@@H]1CC[C@@H](Oc2cccnc2)[C@@H]1O. The molecule has 0 spiro atoms. The molecule has 0 unspecified atom stereocenters. The average Bonchev–Trinajstić information content (AvgIpc) is 3.12. The molecule has 134 valence electrons. The van der Waals surface area contributed by atoms with Crippen LogP contribution in [0.5, 0.6) is 5.75 Å². The van der Waals surface area contributed by atoms with Crippen LogP contribution in [0, 0.1) is 13.8 Å². The third-order valence-electron chi connectivity index (χ3n) is 4.84. The topological polar surface area (TPSA) is 88.7 Å². The smallest absolute Gasteiger partial charge is 0.227 e. The fraction of sp³-hybridized carbons (Fsp3) is 0.500. The normalized spacial score (nSPS) is 22.8. The summed E-state index contributed by atoms with van der Waals surface area (Å²) in [5, 5.41) is 14.5. The predicted octanol–water partition coefficient (Wildman–Crippen LogP) is 1.66. The van der Waals surface area contributed by atoms with Crippen LogP contribution in [0.1, 0.15) is 29.9 Å². The van der Waals surface area contributed by atoms with E-state index in [2.05, 4.69) is 10.1 Å². The Labute approximate surface area is 146 Å². The maximum atomic E-state index is 12.6. The summed E-state index contributed by atoms with van der Waals surface area (Å²) in [6.07, 6.45) is 3.80. The van der Waals surface area contributed by atoms with Crippen molar-refractivity contribution in [3.05, 3.63) is 41.5 Å². The minimum Gasteiger partial charge on any atom is -0.486 e. The molecule has 1 N–H and O–H groups in total. The van der Waals surface area contributed by atoms with Crippen molar-refractivity contribution in [2.75, 3.05) is 7.05 Å². The first-order chi connectivity index (χ1) is 12.0. The van der Waals surface area contributed by atoms with Crippen LogP contribution < -0.4 is 4.74 Å². The number of aromatic nitrogens is 2. The van der Waals surface area contributed by atoms with Gasteiger partial charge in [-0.25, -0.2) is 0 Å². The zero-order valence-corrected chi connectivity index (χ0v) is 14.7. The van der Waals surface area contributed by atoms with E-state index >= 15 is 0 Å². The standard InChI is InChI=1S/C18H23N3O4/c1-11-14(12(2)25-20-11)9-17(22)21(3)15-6-7-16(18(15)23)24-13-5-4-8-19-10-13/h4-5,8,10,15-16,18,23H,6-7,9H2,1-3H3/t15-,16-,18-/m1/s1. The number of aliphatic hydroxyl groups excluding tert-OH is 1. The Balaban J connectivity index is 1.62. The summed E-state index contributed by atoms with van der Waals surface area (Å²) in [6, 6.07) is 3.32. The number of amides is 1. The number of aliphatic hydroxyl groups is 1. The van der Waals surface area contributed by atoms with Gasteiger partial charge < -0.3 is 19.3 Å². The van der Waals surface area contributed by atoms with E-state index in [1.54, 1.807) is 43.4 Å². The molecule has 7 heteroatoms. The van der Waals surface area contributed by atoms with Crippen molar-refractivity contribution in [3.63, 3.8) is 0 Å². The van der Waals surface area contributed by atoms with Crippen molar-refractivity contribution in [2.45, 2.75) is 51.4 Å². The van der Waals surface area contributed by atoms with Gasteiger partial charge in [0.05, 0.1) is 24.4 Å². The lowest BCUT2D eigenvalue weighted by Gasteiger charge is -2.28. The molecule has 1 aliphatic rings. The second kappa shape index (κ2) is 7.23. The van der Waals surface area contributed by atoms with Gasteiger partial charge >= 0.3 is 0 Å². The number of rotatable bonds is 5. The Morgan fingerprint density at radius 3 is 2.88 bits per heavy atom. The number of hydrogen-bond acceptors (Lipinski definition) is 6. The Morgan fingerprint density at radius 1 is 1.44 bits per heavy atom. The molecule has 25 heavy (non-hydrogen) atoms. The fourth-order valence-corrected chi connectivity index (χ4v) is 3.28. The molecule has 0 radical (unpaired) electrons. The molecule has 1 aliphatic carbocycles. The first-order valence-corrected chi connectivity index (χ1v) is 8.39. The van der Waals surface area contributed by atoms with Crippen LogP contribution in [0.3, 0.4) is 0 Å². The summed E-state index contributed by atoms with van der Waals surface area (Å²) in [5.74, 6) is 1.21. The lowest BCUT2D eigenvalue weighted by molar-refractivity contribution is -0.133. The first kappa shape index (κ1) is 17.4. The quantitative estimate of drug-likeness (QED) is 0.886. The van der Waals surface area contributed by atoms with Gasteiger partial charge in [0.2, 0.25) is 5.91 Å². The number of pyridine rings is 1. The van der Waals surface area contributed by atoms with E-state index in [0.29, 0.717) is 24.4 Å². The van der Waals surface area contributed by atoms with Crippen LogP contribution in [0.25, 0.3) is 0 Å². The number of nitrogens with zero attached hydrogens (tertiary/aromatic N) is 3. The highest BCUT2D eigenvalue weighted by atomic mass is 16.5. The van der Waals surface area contributed by atoms with E-state index in [0.717, 1.165) is 11.3 Å². The van der Waals surface area contributed by atoms with Crippen LogP contribution >= 0.6 is 0 Å². The number of ether oxygens (including phenoxy) is 1. The van der Waals surface area contributed by atoms with Gasteiger partial charge in [0.25, 0.3) is 0 Å². The Hall–Kier alpha value is -2.41. The lowest BCUT2D eigenvalue weighted by atomic mass is 10.1. The van der Waals surface area contributed by atoms with Gasteiger partial charge in [0, 0.05) is 18.8 Å². The highest BCUT2D eigenvalue weighted by Crippen LogP contribution is 2.28. The van der Waals surface area contributed by atoms with Gasteiger partial charge in [-0.3, -0.25) is 9.78 Å². The Bertz CT molecular complexity index is 712. The van der Waals surface area contributed by atoms with E-state index in [9.17, 15) is 9.90 Å². The van der Waals surface area contributed by atoms with Crippen LogP contribution in [-0.2, 0) is 11.2 Å². The van der Waals surface area contributed by atoms with Crippen molar-refractivity contribution in [1.82, 2.24) is 15.0 Å². The largest absolute Gasteiger partial charge is 0.486 e. The molecule has 1 amide bonds. The molecule has 2 heterocycles. The van der Waals surface area contributed by atoms with Crippen LogP contribution in [0.2, 0.25) is 0 Å². The highest BCUT2D eigenvalue weighted by molar-refractivity contribution is 5.79. The zero-order chi connectivity index (χ0) is 18.0. The summed E-state index contributed by atoms with van der Waals surface area (Å²) in [5.41, 5.74) is 1.54.